The molecule has 16 heavy (non-hydrogen) atoms. The van der Waals surface area contributed by atoms with Gasteiger partial charge in [-0.15, -0.1) is 0 Å². The molecule has 1 aromatic rings. The minimum atomic E-state index is 0.525. The minimum absolute atomic E-state index is 0.525. The van der Waals surface area contributed by atoms with Gasteiger partial charge in [0, 0.05) is 0 Å². The molecule has 1 rings (SSSR count). The van der Waals surface area contributed by atoms with Crippen LogP contribution in [0.2, 0.25) is 5.82 Å². The summed E-state index contributed by atoms with van der Waals surface area (Å²) in [6.45, 7) is 9.36. The molecule has 0 atom stereocenters. The highest BCUT2D eigenvalue weighted by Crippen LogP contribution is 2.15. The SMILES string of the molecule is C/C=C\C=C(/C)B(c1ccccc1)C(C)C. The fourth-order valence-corrected chi connectivity index (χ4v) is 2.19. The zero-order valence-corrected chi connectivity index (χ0v) is 10.8. The van der Waals surface area contributed by atoms with Gasteiger partial charge in [0.05, 0.1) is 0 Å². The Bertz CT molecular complexity index is 360. The highest BCUT2D eigenvalue weighted by atomic mass is 13.9. The van der Waals surface area contributed by atoms with E-state index in [1.165, 1.54) is 10.9 Å². The molecule has 1 aromatic carbocycles. The molecule has 0 bridgehead atoms. The van der Waals surface area contributed by atoms with Crippen molar-refractivity contribution in [1.82, 2.24) is 0 Å². The standard InChI is InChI=1S/C15H21B/c1-5-6-10-14(4)16(13(2)3)15-11-8-7-9-12-15/h5-13H,1-4H3/b6-5-,14-10+. The van der Waals surface area contributed by atoms with Crippen LogP contribution >= 0.6 is 0 Å². The summed E-state index contributed by atoms with van der Waals surface area (Å²) >= 11 is 0. The van der Waals surface area contributed by atoms with Crippen LogP contribution in [0.25, 0.3) is 0 Å². The maximum absolute atomic E-state index is 2.28. The van der Waals surface area contributed by atoms with Crippen LogP contribution in [0.4, 0.5) is 0 Å². The fourth-order valence-electron chi connectivity index (χ4n) is 2.19. The zero-order valence-electron chi connectivity index (χ0n) is 10.8. The van der Waals surface area contributed by atoms with Gasteiger partial charge in [-0.1, -0.05) is 86.1 Å². The maximum atomic E-state index is 2.28. The molecule has 0 saturated heterocycles. The van der Waals surface area contributed by atoms with E-state index in [-0.39, 0.29) is 0 Å². The van der Waals surface area contributed by atoms with Crippen molar-refractivity contribution in [3.05, 3.63) is 54.0 Å². The molecule has 0 radical (unpaired) electrons. The Morgan fingerprint density at radius 1 is 1.19 bits per heavy atom. The van der Waals surface area contributed by atoms with Gasteiger partial charge in [-0.25, -0.2) is 0 Å². The number of benzene rings is 1. The van der Waals surface area contributed by atoms with Gasteiger partial charge >= 0.3 is 0 Å². The molecule has 0 nitrogen and oxygen atoms in total. The molecular formula is C15H21B. The molecule has 0 unspecified atom stereocenters. The Morgan fingerprint density at radius 3 is 2.31 bits per heavy atom. The summed E-state index contributed by atoms with van der Waals surface area (Å²) in [4.78, 5) is 0. The van der Waals surface area contributed by atoms with E-state index in [1.54, 1.807) is 0 Å². The van der Waals surface area contributed by atoms with Gasteiger partial charge in [-0.2, -0.15) is 0 Å². The molecule has 0 amide bonds. The largest absolute Gasteiger partial charge is 0.206 e. The van der Waals surface area contributed by atoms with E-state index >= 15 is 0 Å². The maximum Gasteiger partial charge on any atom is 0.206 e. The van der Waals surface area contributed by atoms with Gasteiger partial charge in [-0.3, -0.25) is 0 Å². The van der Waals surface area contributed by atoms with Gasteiger partial charge in [0.15, 0.2) is 0 Å². The molecule has 0 N–H and O–H groups in total. The highest BCUT2D eigenvalue weighted by Gasteiger charge is 2.21. The van der Waals surface area contributed by atoms with Crippen molar-refractivity contribution in [2.75, 3.05) is 0 Å². The van der Waals surface area contributed by atoms with E-state index in [0.717, 1.165) is 0 Å². The Morgan fingerprint density at radius 2 is 1.81 bits per heavy atom. The molecule has 0 fully saturated rings. The summed E-state index contributed by atoms with van der Waals surface area (Å²) in [6.07, 6.45) is 6.41. The van der Waals surface area contributed by atoms with Crippen LogP contribution in [-0.4, -0.2) is 6.71 Å². The van der Waals surface area contributed by atoms with Crippen LogP contribution in [0.3, 0.4) is 0 Å². The quantitative estimate of drug-likeness (QED) is 0.525. The van der Waals surface area contributed by atoms with Crippen molar-refractivity contribution < 1.29 is 0 Å². The van der Waals surface area contributed by atoms with Crippen LogP contribution in [0.5, 0.6) is 0 Å². The predicted octanol–water partition coefficient (Wildman–Crippen LogP) is 3.86. The molecule has 0 saturated carbocycles. The van der Waals surface area contributed by atoms with E-state index in [4.69, 9.17) is 0 Å². The van der Waals surface area contributed by atoms with E-state index in [9.17, 15) is 0 Å². The van der Waals surface area contributed by atoms with Crippen LogP contribution in [0, 0.1) is 0 Å². The summed E-state index contributed by atoms with van der Waals surface area (Å²) in [6, 6.07) is 10.8. The predicted molar refractivity (Wildman–Crippen MR) is 75.5 cm³/mol. The first-order chi connectivity index (χ1) is 7.66. The zero-order chi connectivity index (χ0) is 12.0. The molecule has 84 valence electrons. The molecule has 1 heteroatoms. The van der Waals surface area contributed by atoms with E-state index in [1.807, 2.05) is 0 Å². The Kier molecular flexibility index (Phi) is 5.11. The van der Waals surface area contributed by atoms with Gasteiger partial charge in [-0.05, 0) is 6.92 Å². The number of allylic oxidation sites excluding steroid dienone is 4. The van der Waals surface area contributed by atoms with Gasteiger partial charge in [0.1, 0.15) is 0 Å². The molecule has 0 aromatic heterocycles. The normalized spacial score (nSPS) is 12.4. The van der Waals surface area contributed by atoms with E-state index in [2.05, 4.69) is 76.3 Å². The smallest absolute Gasteiger partial charge is 0.0982 e. The Hall–Kier alpha value is -1.24. The number of rotatable bonds is 4. The first kappa shape index (κ1) is 12.8. The molecule has 0 aliphatic carbocycles. The van der Waals surface area contributed by atoms with Crippen molar-refractivity contribution >= 4 is 12.2 Å². The summed E-state index contributed by atoms with van der Waals surface area (Å²) < 4.78 is 0. The monoisotopic (exact) mass is 212 g/mol. The summed E-state index contributed by atoms with van der Waals surface area (Å²) in [5, 5.41) is 0. The lowest BCUT2D eigenvalue weighted by Crippen LogP contribution is -2.34. The summed E-state index contributed by atoms with van der Waals surface area (Å²) in [7, 11) is 0. The molecular weight excluding hydrogens is 191 g/mol. The van der Waals surface area contributed by atoms with Crippen molar-refractivity contribution in [3.8, 4) is 0 Å². The van der Waals surface area contributed by atoms with Crippen LogP contribution < -0.4 is 5.46 Å². The lowest BCUT2D eigenvalue weighted by Gasteiger charge is -2.18. The van der Waals surface area contributed by atoms with Crippen LogP contribution in [-0.2, 0) is 0 Å². The third kappa shape index (κ3) is 3.41. The molecule has 0 aliphatic rings. The molecule has 0 aliphatic heterocycles. The third-order valence-electron chi connectivity index (χ3n) is 2.87. The Balaban J connectivity index is 3.01. The second-order valence-electron chi connectivity index (χ2n) is 4.57. The van der Waals surface area contributed by atoms with Crippen molar-refractivity contribution in [3.63, 3.8) is 0 Å². The Labute approximate surface area is 100 Å². The van der Waals surface area contributed by atoms with Crippen LogP contribution in [0.1, 0.15) is 27.7 Å². The summed E-state index contributed by atoms with van der Waals surface area (Å²) in [5.41, 5.74) is 2.84. The summed E-state index contributed by atoms with van der Waals surface area (Å²) in [5.74, 6) is 0.629. The lowest BCUT2D eigenvalue weighted by molar-refractivity contribution is 1.05. The van der Waals surface area contributed by atoms with Crippen LogP contribution in [0.15, 0.2) is 54.0 Å². The second kappa shape index (κ2) is 6.37. The van der Waals surface area contributed by atoms with Crippen molar-refractivity contribution in [2.24, 2.45) is 0 Å². The first-order valence-corrected chi connectivity index (χ1v) is 6.01. The van der Waals surface area contributed by atoms with Crippen molar-refractivity contribution in [2.45, 2.75) is 33.5 Å². The lowest BCUT2D eigenvalue weighted by atomic mass is 9.34. The van der Waals surface area contributed by atoms with Gasteiger partial charge in [0.25, 0.3) is 0 Å². The molecule has 0 spiro atoms. The van der Waals surface area contributed by atoms with Gasteiger partial charge < -0.3 is 0 Å². The second-order valence-corrected chi connectivity index (χ2v) is 4.57. The molecule has 0 heterocycles. The van der Waals surface area contributed by atoms with E-state index in [0.29, 0.717) is 12.5 Å². The highest BCUT2D eigenvalue weighted by molar-refractivity contribution is 6.80. The van der Waals surface area contributed by atoms with Gasteiger partial charge in [0.2, 0.25) is 6.71 Å². The average Bonchev–Trinajstić information content (AvgIpc) is 2.27. The average molecular weight is 212 g/mol. The topological polar surface area (TPSA) is 0 Å². The van der Waals surface area contributed by atoms with E-state index < -0.39 is 0 Å². The van der Waals surface area contributed by atoms with Crippen molar-refractivity contribution in [1.29, 1.82) is 0 Å². The fraction of sp³-hybridized carbons (Fsp3) is 0.333. The number of hydrogen-bond donors (Lipinski definition) is 0. The third-order valence-corrected chi connectivity index (χ3v) is 2.87. The first-order valence-electron chi connectivity index (χ1n) is 6.01. The minimum Gasteiger partial charge on any atom is -0.0982 e. The number of hydrogen-bond acceptors (Lipinski definition) is 0.